The Morgan fingerprint density at radius 1 is 1.18 bits per heavy atom. The molecule has 0 aliphatic rings. The predicted molar refractivity (Wildman–Crippen MR) is 98.2 cm³/mol. The fourth-order valence-electron chi connectivity index (χ4n) is 2.38. The van der Waals surface area contributed by atoms with Gasteiger partial charge in [0.15, 0.2) is 5.57 Å². The molecule has 0 N–H and O–H groups in total. The van der Waals surface area contributed by atoms with E-state index in [2.05, 4.69) is 9.72 Å². The highest BCUT2D eigenvalue weighted by atomic mass is 32.1. The largest absolute Gasteiger partial charge is 0.435 e. The van der Waals surface area contributed by atoms with Crippen LogP contribution >= 0.6 is 11.3 Å². The zero-order valence-electron chi connectivity index (χ0n) is 14.0. The predicted octanol–water partition coefficient (Wildman–Crippen LogP) is 1.92. The van der Waals surface area contributed by atoms with Crippen LogP contribution in [0.2, 0.25) is 0 Å². The van der Waals surface area contributed by atoms with E-state index in [4.69, 9.17) is 0 Å². The van der Waals surface area contributed by atoms with Crippen molar-refractivity contribution in [3.8, 4) is 23.6 Å². The van der Waals surface area contributed by atoms with E-state index >= 15 is 0 Å². The van der Waals surface area contributed by atoms with Crippen LogP contribution in [-0.4, -0.2) is 16.2 Å². The second-order valence-corrected chi connectivity index (χ2v) is 6.31. The molecule has 0 spiro atoms. The van der Waals surface area contributed by atoms with Gasteiger partial charge in [0, 0.05) is 6.20 Å². The highest BCUT2D eigenvalue weighted by molar-refractivity contribution is 7.07. The number of thiazole rings is 1. The minimum atomic E-state index is -2.97. The fourth-order valence-corrected chi connectivity index (χ4v) is 3.42. The first-order valence-corrected chi connectivity index (χ1v) is 8.59. The summed E-state index contributed by atoms with van der Waals surface area (Å²) < 4.78 is 30.5. The lowest BCUT2D eigenvalue weighted by molar-refractivity contribution is -0.0498. The van der Waals surface area contributed by atoms with Crippen LogP contribution in [0.1, 0.15) is 5.69 Å². The van der Waals surface area contributed by atoms with Gasteiger partial charge in [-0.2, -0.15) is 19.3 Å². The van der Waals surface area contributed by atoms with E-state index in [1.54, 1.807) is 42.6 Å². The van der Waals surface area contributed by atoms with Crippen LogP contribution in [0.25, 0.3) is 17.3 Å². The van der Waals surface area contributed by atoms with E-state index in [-0.39, 0.29) is 20.5 Å². The van der Waals surface area contributed by atoms with Crippen molar-refractivity contribution in [1.29, 1.82) is 10.5 Å². The summed E-state index contributed by atoms with van der Waals surface area (Å²) in [4.78, 5) is 17.1. The molecule has 28 heavy (non-hydrogen) atoms. The van der Waals surface area contributed by atoms with Crippen molar-refractivity contribution in [2.75, 3.05) is 0 Å². The molecule has 0 radical (unpaired) electrons. The van der Waals surface area contributed by atoms with E-state index in [1.165, 1.54) is 28.8 Å². The Morgan fingerprint density at radius 2 is 1.89 bits per heavy atom. The molecule has 0 saturated carbocycles. The van der Waals surface area contributed by atoms with Gasteiger partial charge in [-0.25, -0.2) is 0 Å². The van der Waals surface area contributed by atoms with Crippen molar-refractivity contribution in [2.24, 2.45) is 0 Å². The van der Waals surface area contributed by atoms with Crippen LogP contribution in [-0.2, 0) is 0 Å². The van der Waals surface area contributed by atoms with Crippen LogP contribution < -0.4 is 19.5 Å². The maximum Gasteiger partial charge on any atom is 0.387 e. The number of rotatable bonds is 4. The molecule has 0 saturated heterocycles. The lowest BCUT2D eigenvalue weighted by atomic mass is 10.3. The van der Waals surface area contributed by atoms with E-state index in [9.17, 15) is 24.1 Å². The molecule has 3 aromatic rings. The molecule has 6 nitrogen and oxygen atoms in total. The Labute approximate surface area is 161 Å². The van der Waals surface area contributed by atoms with Crippen molar-refractivity contribution in [3.05, 3.63) is 73.9 Å². The van der Waals surface area contributed by atoms with Gasteiger partial charge in [0.1, 0.15) is 22.6 Å². The first-order valence-electron chi connectivity index (χ1n) is 7.78. The summed E-state index contributed by atoms with van der Waals surface area (Å²) in [6, 6.07) is 14.1. The molecule has 0 atom stereocenters. The average Bonchev–Trinajstić information content (AvgIpc) is 3.00. The molecule has 0 aliphatic heterocycles. The van der Waals surface area contributed by atoms with Crippen LogP contribution in [0.5, 0.6) is 5.75 Å². The molecule has 2 heterocycles. The first-order chi connectivity index (χ1) is 13.5. The van der Waals surface area contributed by atoms with Gasteiger partial charge in [0.25, 0.3) is 5.56 Å². The Balaban J connectivity index is 2.25. The number of aromatic nitrogens is 2. The number of alkyl halides is 2. The van der Waals surface area contributed by atoms with Crippen molar-refractivity contribution in [3.63, 3.8) is 0 Å². The minimum absolute atomic E-state index is 0.0754. The molecule has 9 heteroatoms. The number of hydrogen-bond acceptors (Lipinski definition) is 6. The average molecular weight is 396 g/mol. The van der Waals surface area contributed by atoms with E-state index < -0.39 is 12.2 Å². The zero-order chi connectivity index (χ0) is 20.1. The lowest BCUT2D eigenvalue weighted by Gasteiger charge is -2.06. The summed E-state index contributed by atoms with van der Waals surface area (Å²) >= 11 is 0.970. The summed E-state index contributed by atoms with van der Waals surface area (Å²) in [5.41, 5.74) is 0.143. The number of nitrogens with zero attached hydrogens (tertiary/aromatic N) is 4. The standard InChI is InChI=1S/C19H10F2N4O2S/c20-19(21)27-15-6-4-14(5-7-15)25-17(26)16(9-13-3-1-2-8-24-13)28-18(25)12(10-22)11-23/h1-9,19H/b16-9-. The highest BCUT2D eigenvalue weighted by Gasteiger charge is 2.12. The SMILES string of the molecule is N#CC(C#N)=c1s/c(=C\c2ccccn2)c(=O)n1-c1ccc(OC(F)F)cc1. The summed E-state index contributed by atoms with van der Waals surface area (Å²) in [5.74, 6) is -0.0754. The van der Waals surface area contributed by atoms with Crippen LogP contribution in [0.4, 0.5) is 8.78 Å². The van der Waals surface area contributed by atoms with Crippen LogP contribution in [0.3, 0.4) is 0 Å². The third-order valence-electron chi connectivity index (χ3n) is 3.55. The second-order valence-electron chi connectivity index (χ2n) is 5.28. The summed E-state index contributed by atoms with van der Waals surface area (Å²) in [6.45, 7) is -2.97. The zero-order valence-corrected chi connectivity index (χ0v) is 14.9. The third-order valence-corrected chi connectivity index (χ3v) is 4.64. The smallest absolute Gasteiger partial charge is 0.387 e. The van der Waals surface area contributed by atoms with Gasteiger partial charge in [-0.3, -0.25) is 14.3 Å². The molecule has 1 aromatic carbocycles. The van der Waals surface area contributed by atoms with Gasteiger partial charge in [0.2, 0.25) is 0 Å². The molecule has 0 bridgehead atoms. The summed E-state index contributed by atoms with van der Waals surface area (Å²) in [7, 11) is 0. The molecule has 2 aromatic heterocycles. The molecule has 3 rings (SSSR count). The minimum Gasteiger partial charge on any atom is -0.435 e. The Bertz CT molecular complexity index is 1230. The second kappa shape index (κ2) is 8.25. The Kier molecular flexibility index (Phi) is 5.58. The van der Waals surface area contributed by atoms with Crippen molar-refractivity contribution >= 4 is 23.0 Å². The molecule has 138 valence electrons. The molecule has 0 aliphatic carbocycles. The number of ether oxygens (including phenoxy) is 1. The van der Waals surface area contributed by atoms with Gasteiger partial charge in [-0.15, -0.1) is 11.3 Å². The third kappa shape index (κ3) is 3.95. The molecule has 0 unspecified atom stereocenters. The fraction of sp³-hybridized carbons (Fsp3) is 0.0526. The first kappa shape index (κ1) is 19.0. The van der Waals surface area contributed by atoms with Gasteiger partial charge in [-0.05, 0) is 42.5 Å². The van der Waals surface area contributed by atoms with Gasteiger partial charge in [0.05, 0.1) is 15.9 Å². The van der Waals surface area contributed by atoms with E-state index in [0.717, 1.165) is 11.3 Å². The number of halogens is 2. The summed E-state index contributed by atoms with van der Waals surface area (Å²) in [6.07, 6.45) is 3.12. The topological polar surface area (TPSA) is 91.7 Å². The highest BCUT2D eigenvalue weighted by Crippen LogP contribution is 2.16. The molecular weight excluding hydrogens is 386 g/mol. The maximum absolute atomic E-state index is 12.9. The number of nitriles is 2. The lowest BCUT2D eigenvalue weighted by Crippen LogP contribution is -2.30. The molecular formula is C19H10F2N4O2S. The van der Waals surface area contributed by atoms with E-state index in [0.29, 0.717) is 11.4 Å². The Morgan fingerprint density at radius 3 is 2.46 bits per heavy atom. The maximum atomic E-state index is 12.9. The van der Waals surface area contributed by atoms with Crippen molar-refractivity contribution < 1.29 is 13.5 Å². The van der Waals surface area contributed by atoms with Crippen molar-refractivity contribution in [2.45, 2.75) is 6.61 Å². The van der Waals surface area contributed by atoms with E-state index in [1.807, 2.05) is 0 Å². The molecule has 0 amide bonds. The number of hydrogen-bond donors (Lipinski definition) is 0. The number of benzene rings is 1. The van der Waals surface area contributed by atoms with Crippen LogP contribution in [0, 0.1) is 22.7 Å². The van der Waals surface area contributed by atoms with Crippen LogP contribution in [0.15, 0.2) is 53.5 Å². The molecule has 0 fully saturated rings. The monoisotopic (exact) mass is 396 g/mol. The Hall–Kier alpha value is -3.82. The normalized spacial score (nSPS) is 11.1. The van der Waals surface area contributed by atoms with Gasteiger partial charge in [-0.1, -0.05) is 6.07 Å². The summed E-state index contributed by atoms with van der Waals surface area (Å²) in [5, 5.41) is 18.5. The number of pyridine rings is 1. The van der Waals surface area contributed by atoms with Gasteiger partial charge < -0.3 is 4.74 Å². The quantitative estimate of drug-likeness (QED) is 0.672. The van der Waals surface area contributed by atoms with Crippen molar-refractivity contribution in [1.82, 2.24) is 9.55 Å². The van der Waals surface area contributed by atoms with Gasteiger partial charge >= 0.3 is 6.61 Å².